The van der Waals surface area contributed by atoms with Crippen molar-refractivity contribution in [2.45, 2.75) is 39.2 Å². The van der Waals surface area contributed by atoms with Crippen LogP contribution < -0.4 is 11.1 Å². The minimum absolute atomic E-state index is 0.359. The minimum Gasteiger partial charge on any atom is -0.368 e. The lowest BCUT2D eigenvalue weighted by molar-refractivity contribution is 0.555. The van der Waals surface area contributed by atoms with Crippen LogP contribution in [0.15, 0.2) is 6.07 Å². The maximum atomic E-state index is 5.79. The van der Waals surface area contributed by atoms with E-state index in [0.29, 0.717) is 17.9 Å². The minimum atomic E-state index is 0.359. The summed E-state index contributed by atoms with van der Waals surface area (Å²) in [6.45, 7) is 4.38. The SMILES string of the molecule is Cc1cc2c(NC3CCCC3C)nc(N)nc2s1. The maximum Gasteiger partial charge on any atom is 0.223 e. The van der Waals surface area contributed by atoms with Crippen LogP contribution in [0.2, 0.25) is 0 Å². The predicted octanol–water partition coefficient (Wildman–Crippen LogP) is 3.18. The Labute approximate surface area is 111 Å². The fourth-order valence-electron chi connectivity index (χ4n) is 2.70. The van der Waals surface area contributed by atoms with Crippen molar-refractivity contribution in [3.63, 3.8) is 0 Å². The molecule has 1 fully saturated rings. The molecule has 0 aliphatic heterocycles. The number of rotatable bonds is 2. The van der Waals surface area contributed by atoms with Gasteiger partial charge in [0.2, 0.25) is 5.95 Å². The van der Waals surface area contributed by atoms with Crippen molar-refractivity contribution in [3.05, 3.63) is 10.9 Å². The molecule has 2 atom stereocenters. The van der Waals surface area contributed by atoms with Gasteiger partial charge in [-0.3, -0.25) is 0 Å². The van der Waals surface area contributed by atoms with Crippen LogP contribution >= 0.6 is 11.3 Å². The summed E-state index contributed by atoms with van der Waals surface area (Å²) < 4.78 is 0. The zero-order valence-electron chi connectivity index (χ0n) is 10.7. The number of nitrogen functional groups attached to an aromatic ring is 1. The van der Waals surface area contributed by atoms with E-state index < -0.39 is 0 Å². The second-order valence-corrected chi connectivity index (χ2v) is 6.40. The van der Waals surface area contributed by atoms with Crippen LogP contribution in [-0.2, 0) is 0 Å². The van der Waals surface area contributed by atoms with Crippen LogP contribution in [0.5, 0.6) is 0 Å². The molecule has 2 aromatic rings. The van der Waals surface area contributed by atoms with Gasteiger partial charge in [-0.25, -0.2) is 4.98 Å². The summed E-state index contributed by atoms with van der Waals surface area (Å²) in [6.07, 6.45) is 3.81. The van der Waals surface area contributed by atoms with Gasteiger partial charge in [0.05, 0.1) is 5.39 Å². The van der Waals surface area contributed by atoms with Gasteiger partial charge in [0.15, 0.2) is 0 Å². The fourth-order valence-corrected chi connectivity index (χ4v) is 3.59. The molecular formula is C13H18N4S. The van der Waals surface area contributed by atoms with Gasteiger partial charge in [0.1, 0.15) is 10.6 Å². The molecule has 0 aromatic carbocycles. The lowest BCUT2D eigenvalue weighted by Crippen LogP contribution is -2.22. The molecule has 0 spiro atoms. The normalized spacial score (nSPS) is 23.7. The number of hydrogen-bond donors (Lipinski definition) is 2. The largest absolute Gasteiger partial charge is 0.368 e. The third-order valence-electron chi connectivity index (χ3n) is 3.72. The average Bonchev–Trinajstić information content (AvgIpc) is 2.85. The number of anilines is 2. The van der Waals surface area contributed by atoms with Crippen molar-refractivity contribution in [2.24, 2.45) is 5.92 Å². The Balaban J connectivity index is 1.99. The van der Waals surface area contributed by atoms with Crippen LogP contribution in [0, 0.1) is 12.8 Å². The molecule has 2 unspecified atom stereocenters. The quantitative estimate of drug-likeness (QED) is 0.872. The summed E-state index contributed by atoms with van der Waals surface area (Å²) in [6, 6.07) is 2.66. The van der Waals surface area contributed by atoms with Gasteiger partial charge < -0.3 is 11.1 Å². The van der Waals surface area contributed by atoms with Crippen molar-refractivity contribution in [1.82, 2.24) is 9.97 Å². The van der Waals surface area contributed by atoms with E-state index in [1.807, 2.05) is 0 Å². The Bertz CT molecular complexity index is 578. The number of hydrogen-bond acceptors (Lipinski definition) is 5. The van der Waals surface area contributed by atoms with Crippen LogP contribution in [0.4, 0.5) is 11.8 Å². The van der Waals surface area contributed by atoms with Gasteiger partial charge in [0.25, 0.3) is 0 Å². The molecule has 3 rings (SSSR count). The van der Waals surface area contributed by atoms with Crippen LogP contribution in [-0.4, -0.2) is 16.0 Å². The van der Waals surface area contributed by atoms with E-state index in [0.717, 1.165) is 16.0 Å². The molecule has 1 aliphatic rings. The van der Waals surface area contributed by atoms with Gasteiger partial charge in [-0.05, 0) is 31.7 Å². The average molecular weight is 262 g/mol. The first-order valence-corrected chi connectivity index (χ1v) is 7.25. The third-order valence-corrected chi connectivity index (χ3v) is 4.66. The van der Waals surface area contributed by atoms with E-state index in [1.165, 1.54) is 24.1 Å². The zero-order valence-corrected chi connectivity index (χ0v) is 11.5. The lowest BCUT2D eigenvalue weighted by atomic mass is 10.1. The summed E-state index contributed by atoms with van der Waals surface area (Å²) in [5.74, 6) is 1.97. The number of fused-ring (bicyclic) bond motifs is 1. The molecule has 0 amide bonds. The molecule has 3 N–H and O–H groups in total. The van der Waals surface area contributed by atoms with E-state index >= 15 is 0 Å². The van der Waals surface area contributed by atoms with E-state index in [4.69, 9.17) is 5.73 Å². The summed E-state index contributed by atoms with van der Waals surface area (Å²) in [7, 11) is 0. The van der Waals surface area contributed by atoms with E-state index in [1.54, 1.807) is 11.3 Å². The molecule has 0 radical (unpaired) electrons. The highest BCUT2D eigenvalue weighted by atomic mass is 32.1. The third kappa shape index (κ3) is 2.03. The number of thiophene rings is 1. The number of nitrogens with two attached hydrogens (primary N) is 1. The Morgan fingerprint density at radius 1 is 1.39 bits per heavy atom. The molecule has 18 heavy (non-hydrogen) atoms. The second kappa shape index (κ2) is 4.39. The molecule has 2 aromatic heterocycles. The Morgan fingerprint density at radius 3 is 2.94 bits per heavy atom. The van der Waals surface area contributed by atoms with E-state index in [-0.39, 0.29) is 0 Å². The highest BCUT2D eigenvalue weighted by molar-refractivity contribution is 7.18. The predicted molar refractivity (Wildman–Crippen MR) is 77.0 cm³/mol. The topological polar surface area (TPSA) is 63.8 Å². The van der Waals surface area contributed by atoms with Crippen LogP contribution in [0.3, 0.4) is 0 Å². The first-order chi connectivity index (χ1) is 8.63. The summed E-state index contributed by atoms with van der Waals surface area (Å²) in [4.78, 5) is 10.9. The zero-order chi connectivity index (χ0) is 12.7. The van der Waals surface area contributed by atoms with E-state index in [9.17, 15) is 0 Å². The number of aromatic nitrogens is 2. The van der Waals surface area contributed by atoms with Gasteiger partial charge >= 0.3 is 0 Å². The molecule has 96 valence electrons. The molecule has 0 bridgehead atoms. The van der Waals surface area contributed by atoms with Crippen molar-refractivity contribution in [2.75, 3.05) is 11.1 Å². The van der Waals surface area contributed by atoms with Crippen LogP contribution in [0.25, 0.3) is 10.2 Å². The molecule has 4 nitrogen and oxygen atoms in total. The van der Waals surface area contributed by atoms with Crippen molar-refractivity contribution in [1.29, 1.82) is 0 Å². The Kier molecular flexibility index (Phi) is 2.86. The fraction of sp³-hybridized carbons (Fsp3) is 0.538. The summed E-state index contributed by atoms with van der Waals surface area (Å²) in [5, 5.41) is 4.67. The number of aryl methyl sites for hydroxylation is 1. The number of nitrogens with zero attached hydrogens (tertiary/aromatic N) is 2. The Hall–Kier alpha value is -1.36. The molecule has 1 aliphatic carbocycles. The van der Waals surface area contributed by atoms with Crippen LogP contribution in [0.1, 0.15) is 31.1 Å². The van der Waals surface area contributed by atoms with Gasteiger partial charge in [-0.2, -0.15) is 4.98 Å². The standard InChI is InChI=1S/C13H18N4S/c1-7-4-3-5-10(7)15-11-9-6-8(2)18-12(9)17-13(14)16-11/h6-7,10H,3-5H2,1-2H3,(H3,14,15,16,17). The summed E-state index contributed by atoms with van der Waals surface area (Å²) >= 11 is 1.67. The van der Waals surface area contributed by atoms with Crippen molar-refractivity contribution >= 4 is 33.3 Å². The Morgan fingerprint density at radius 2 is 2.22 bits per heavy atom. The van der Waals surface area contributed by atoms with Gasteiger partial charge in [0, 0.05) is 10.9 Å². The number of nitrogens with one attached hydrogen (secondary N) is 1. The second-order valence-electron chi connectivity index (χ2n) is 5.17. The van der Waals surface area contributed by atoms with E-state index in [2.05, 4.69) is 35.2 Å². The van der Waals surface area contributed by atoms with Gasteiger partial charge in [-0.1, -0.05) is 13.3 Å². The highest BCUT2D eigenvalue weighted by Gasteiger charge is 2.24. The van der Waals surface area contributed by atoms with Gasteiger partial charge in [-0.15, -0.1) is 11.3 Å². The molecule has 5 heteroatoms. The monoisotopic (exact) mass is 262 g/mol. The maximum absolute atomic E-state index is 5.79. The van der Waals surface area contributed by atoms with Crippen molar-refractivity contribution in [3.8, 4) is 0 Å². The van der Waals surface area contributed by atoms with Crippen molar-refractivity contribution < 1.29 is 0 Å². The first-order valence-electron chi connectivity index (χ1n) is 6.43. The first kappa shape index (κ1) is 11.7. The molecule has 2 heterocycles. The summed E-state index contributed by atoms with van der Waals surface area (Å²) in [5.41, 5.74) is 5.79. The smallest absolute Gasteiger partial charge is 0.223 e. The molecule has 0 saturated heterocycles. The lowest BCUT2D eigenvalue weighted by Gasteiger charge is -2.18. The molecule has 1 saturated carbocycles. The highest BCUT2D eigenvalue weighted by Crippen LogP contribution is 2.33. The molecular weight excluding hydrogens is 244 g/mol.